The van der Waals surface area contributed by atoms with Crippen molar-refractivity contribution < 1.29 is 4.39 Å². The summed E-state index contributed by atoms with van der Waals surface area (Å²) < 4.78 is 10.7. The Balaban J connectivity index is -0.000000261. The van der Waals surface area contributed by atoms with Crippen LogP contribution in [0.3, 0.4) is 0 Å². The molecular weight excluding hydrogens is 297 g/mol. The molecule has 3 unspecified atom stereocenters. The molecule has 1 N–H and O–H groups in total. The third kappa shape index (κ3) is 26.8. The van der Waals surface area contributed by atoms with Crippen LogP contribution < -0.4 is 5.32 Å². The number of nitrogens with one attached hydrogen (secondary N) is 1. The molecule has 2 heteroatoms. The number of alkyl halides is 1. The Morgan fingerprint density at radius 1 is 0.917 bits per heavy atom. The first kappa shape index (κ1) is 28.7. The van der Waals surface area contributed by atoms with Gasteiger partial charge in [0.05, 0.1) is 6.67 Å². The van der Waals surface area contributed by atoms with Gasteiger partial charge in [-0.05, 0) is 38.1 Å². The van der Waals surface area contributed by atoms with Gasteiger partial charge < -0.3 is 5.32 Å². The second kappa shape index (κ2) is 25.1. The summed E-state index contributed by atoms with van der Waals surface area (Å²) in [6, 6.07) is 0.764. The van der Waals surface area contributed by atoms with E-state index in [0.29, 0.717) is 6.42 Å². The van der Waals surface area contributed by atoms with Gasteiger partial charge in [-0.1, -0.05) is 93.4 Å². The number of halogens is 1. The first-order valence-electron chi connectivity index (χ1n) is 10.7. The normalized spacial score (nSPS) is 19.9. The quantitative estimate of drug-likeness (QED) is 0.463. The van der Waals surface area contributed by atoms with E-state index in [2.05, 4.69) is 53.8 Å². The summed E-state index contributed by atoms with van der Waals surface area (Å²) in [5.41, 5.74) is 0. The zero-order chi connectivity index (χ0) is 19.2. The molecule has 1 nitrogen and oxygen atoms in total. The highest BCUT2D eigenvalue weighted by atomic mass is 19.1. The highest BCUT2D eigenvalue weighted by Crippen LogP contribution is 2.12. The van der Waals surface area contributed by atoms with Crippen molar-refractivity contribution in [3.05, 3.63) is 0 Å². The van der Waals surface area contributed by atoms with Crippen molar-refractivity contribution in [3.8, 4) is 0 Å². The van der Waals surface area contributed by atoms with Gasteiger partial charge in [-0.3, -0.25) is 4.39 Å². The fourth-order valence-corrected chi connectivity index (χ4v) is 1.94. The summed E-state index contributed by atoms with van der Waals surface area (Å²) in [6.45, 7) is 18.6. The molecule has 1 saturated heterocycles. The summed E-state index contributed by atoms with van der Waals surface area (Å²) in [5, 5.41) is 3.37. The first-order chi connectivity index (χ1) is 11.4. The standard InChI is InChI=1S/C9H20.C6H13N.C4H10.C3H7F/c1-4-6-7-8-9(3)5-2;1-5-3-4-7-6(5)2;1-3-4-2;1-2-3-4/h9H,4-8H2,1-3H3;5-7H,3-4H2,1-2H3;3-4H2,1-2H3;2-3H2,1H3. The zero-order valence-corrected chi connectivity index (χ0v) is 18.4. The average molecular weight is 348 g/mol. The van der Waals surface area contributed by atoms with E-state index in [-0.39, 0.29) is 6.67 Å². The number of unbranched alkanes of at least 4 members (excludes halogenated alkanes) is 3. The molecule has 1 aliphatic heterocycles. The van der Waals surface area contributed by atoms with Crippen molar-refractivity contribution >= 4 is 0 Å². The summed E-state index contributed by atoms with van der Waals surface area (Å²) in [5.74, 6) is 1.86. The maximum atomic E-state index is 10.7. The van der Waals surface area contributed by atoms with Gasteiger partial charge in [0.15, 0.2) is 0 Å². The molecule has 0 aliphatic carbocycles. The van der Waals surface area contributed by atoms with Gasteiger partial charge in [0.25, 0.3) is 0 Å². The Morgan fingerprint density at radius 3 is 1.67 bits per heavy atom. The van der Waals surface area contributed by atoms with Gasteiger partial charge in [-0.2, -0.15) is 0 Å². The van der Waals surface area contributed by atoms with Crippen molar-refractivity contribution in [2.45, 2.75) is 119 Å². The molecular formula is C22H50FN. The Labute approximate surface area is 154 Å². The van der Waals surface area contributed by atoms with Crippen molar-refractivity contribution in [2.24, 2.45) is 11.8 Å². The van der Waals surface area contributed by atoms with Crippen LogP contribution in [-0.2, 0) is 0 Å². The largest absolute Gasteiger partial charge is 0.314 e. The van der Waals surface area contributed by atoms with Crippen LogP contribution in [0.4, 0.5) is 4.39 Å². The third-order valence-corrected chi connectivity index (χ3v) is 4.61. The van der Waals surface area contributed by atoms with E-state index >= 15 is 0 Å². The summed E-state index contributed by atoms with van der Waals surface area (Å²) in [4.78, 5) is 0. The van der Waals surface area contributed by atoms with E-state index in [1.807, 2.05) is 0 Å². The van der Waals surface area contributed by atoms with Crippen molar-refractivity contribution in [3.63, 3.8) is 0 Å². The maximum absolute atomic E-state index is 10.7. The van der Waals surface area contributed by atoms with E-state index in [0.717, 1.165) is 17.9 Å². The first-order valence-corrected chi connectivity index (χ1v) is 10.7. The fraction of sp³-hybridized carbons (Fsp3) is 1.00. The predicted octanol–water partition coefficient (Wildman–Crippen LogP) is 7.79. The molecule has 0 saturated carbocycles. The lowest BCUT2D eigenvalue weighted by atomic mass is 10.0. The van der Waals surface area contributed by atoms with E-state index < -0.39 is 0 Å². The molecule has 0 aromatic rings. The minimum Gasteiger partial charge on any atom is -0.314 e. The van der Waals surface area contributed by atoms with Crippen LogP contribution in [0.25, 0.3) is 0 Å². The lowest BCUT2D eigenvalue weighted by Crippen LogP contribution is -2.20. The highest BCUT2D eigenvalue weighted by Gasteiger charge is 2.16. The van der Waals surface area contributed by atoms with Gasteiger partial charge in [-0.25, -0.2) is 0 Å². The Bertz CT molecular complexity index is 180. The Morgan fingerprint density at radius 2 is 1.46 bits per heavy atom. The monoisotopic (exact) mass is 347 g/mol. The van der Waals surface area contributed by atoms with Crippen LogP contribution >= 0.6 is 0 Å². The predicted molar refractivity (Wildman–Crippen MR) is 112 cm³/mol. The number of hydrogen-bond donors (Lipinski definition) is 1. The summed E-state index contributed by atoms with van der Waals surface area (Å²) in [6.07, 6.45) is 11.7. The van der Waals surface area contributed by atoms with Crippen LogP contribution in [0.15, 0.2) is 0 Å². The van der Waals surface area contributed by atoms with Gasteiger partial charge in [0.1, 0.15) is 0 Å². The topological polar surface area (TPSA) is 12.0 Å². The molecule has 3 atom stereocenters. The maximum Gasteiger partial charge on any atom is 0.0891 e. The third-order valence-electron chi connectivity index (χ3n) is 4.61. The molecule has 24 heavy (non-hydrogen) atoms. The number of hydrogen-bond acceptors (Lipinski definition) is 1. The van der Waals surface area contributed by atoms with Gasteiger partial charge >= 0.3 is 0 Å². The highest BCUT2D eigenvalue weighted by molar-refractivity contribution is 4.75. The molecule has 1 rings (SSSR count). The molecule has 0 bridgehead atoms. The Kier molecular flexibility index (Phi) is 30.0. The summed E-state index contributed by atoms with van der Waals surface area (Å²) >= 11 is 0. The van der Waals surface area contributed by atoms with Crippen LogP contribution in [0, 0.1) is 11.8 Å². The van der Waals surface area contributed by atoms with E-state index in [1.54, 1.807) is 6.92 Å². The fourth-order valence-electron chi connectivity index (χ4n) is 1.94. The molecule has 1 fully saturated rings. The molecule has 0 radical (unpaired) electrons. The van der Waals surface area contributed by atoms with E-state index in [4.69, 9.17) is 0 Å². The van der Waals surface area contributed by atoms with Crippen molar-refractivity contribution in [1.82, 2.24) is 5.32 Å². The minimum atomic E-state index is -0.181. The van der Waals surface area contributed by atoms with Crippen LogP contribution in [0.5, 0.6) is 0 Å². The minimum absolute atomic E-state index is 0.181. The molecule has 150 valence electrons. The second-order valence-corrected chi connectivity index (χ2v) is 7.21. The zero-order valence-electron chi connectivity index (χ0n) is 18.4. The lowest BCUT2D eigenvalue weighted by molar-refractivity contribution is 0.482. The molecule has 1 heterocycles. The van der Waals surface area contributed by atoms with Crippen LogP contribution in [0.2, 0.25) is 0 Å². The average Bonchev–Trinajstić information content (AvgIpc) is 2.99. The SMILES string of the molecule is CC1CCNC1C.CCCC.CCCCCC(C)CC.CCCF. The summed E-state index contributed by atoms with van der Waals surface area (Å²) in [7, 11) is 0. The van der Waals surface area contributed by atoms with E-state index in [1.165, 1.54) is 57.9 Å². The van der Waals surface area contributed by atoms with Crippen molar-refractivity contribution in [2.75, 3.05) is 13.2 Å². The molecule has 0 amide bonds. The lowest BCUT2D eigenvalue weighted by Gasteiger charge is -2.05. The van der Waals surface area contributed by atoms with E-state index in [9.17, 15) is 4.39 Å². The second-order valence-electron chi connectivity index (χ2n) is 7.21. The smallest absolute Gasteiger partial charge is 0.0891 e. The van der Waals surface area contributed by atoms with Crippen LogP contribution in [0.1, 0.15) is 113 Å². The molecule has 0 spiro atoms. The number of rotatable bonds is 7. The van der Waals surface area contributed by atoms with Gasteiger partial charge in [-0.15, -0.1) is 0 Å². The Hall–Kier alpha value is -0.110. The molecule has 0 aromatic carbocycles. The van der Waals surface area contributed by atoms with Gasteiger partial charge in [0, 0.05) is 6.04 Å². The van der Waals surface area contributed by atoms with Gasteiger partial charge in [0.2, 0.25) is 0 Å². The molecule has 1 aliphatic rings. The molecule has 0 aromatic heterocycles. The van der Waals surface area contributed by atoms with Crippen LogP contribution in [-0.4, -0.2) is 19.3 Å². The van der Waals surface area contributed by atoms with Crippen molar-refractivity contribution in [1.29, 1.82) is 0 Å².